The van der Waals surface area contributed by atoms with Gasteiger partial charge < -0.3 is 15.8 Å². The van der Waals surface area contributed by atoms with Crippen molar-refractivity contribution in [3.8, 4) is 5.75 Å². The summed E-state index contributed by atoms with van der Waals surface area (Å²) in [4.78, 5) is 4.49. The van der Waals surface area contributed by atoms with E-state index in [1.807, 2.05) is 36.6 Å². The molecule has 1 unspecified atom stereocenters. The van der Waals surface area contributed by atoms with Crippen LogP contribution < -0.4 is 15.8 Å². The van der Waals surface area contributed by atoms with Gasteiger partial charge in [0, 0.05) is 29.6 Å². The Bertz CT molecular complexity index is 510. The van der Waals surface area contributed by atoms with E-state index < -0.39 is 0 Å². The molecule has 5 heteroatoms. The molecule has 18 heavy (non-hydrogen) atoms. The van der Waals surface area contributed by atoms with Gasteiger partial charge in [-0.25, -0.2) is 4.98 Å². The third kappa shape index (κ3) is 3.45. The van der Waals surface area contributed by atoms with Gasteiger partial charge in [-0.05, 0) is 19.1 Å². The summed E-state index contributed by atoms with van der Waals surface area (Å²) in [5.41, 5.74) is 7.75. The maximum Gasteiger partial charge on any atom is 0.187 e. The molecule has 0 radical (unpaired) electrons. The molecule has 4 nitrogen and oxygen atoms in total. The summed E-state index contributed by atoms with van der Waals surface area (Å²) in [6.07, 6.45) is 0.802. The molecule has 0 aliphatic rings. The van der Waals surface area contributed by atoms with Crippen LogP contribution in [-0.2, 0) is 6.42 Å². The molecule has 0 spiro atoms. The lowest BCUT2D eigenvalue weighted by Gasteiger charge is -2.05. The molecule has 96 valence electrons. The smallest absolute Gasteiger partial charge is 0.187 e. The zero-order valence-electron chi connectivity index (χ0n) is 10.5. The topological polar surface area (TPSA) is 60.2 Å². The van der Waals surface area contributed by atoms with E-state index in [1.165, 1.54) is 0 Å². The fourth-order valence-corrected chi connectivity index (χ4v) is 2.36. The minimum Gasteiger partial charge on any atom is -0.497 e. The van der Waals surface area contributed by atoms with Gasteiger partial charge in [0.05, 0.1) is 12.8 Å². The van der Waals surface area contributed by atoms with E-state index in [2.05, 4.69) is 10.3 Å². The average Bonchev–Trinajstić information content (AvgIpc) is 2.76. The molecule has 1 atom stereocenters. The first-order valence-corrected chi connectivity index (χ1v) is 6.66. The second-order valence-electron chi connectivity index (χ2n) is 4.18. The fourth-order valence-electron chi connectivity index (χ4n) is 1.61. The Labute approximate surface area is 111 Å². The van der Waals surface area contributed by atoms with Gasteiger partial charge in [-0.2, -0.15) is 0 Å². The van der Waals surface area contributed by atoms with Gasteiger partial charge in [-0.15, -0.1) is 11.3 Å². The predicted octanol–water partition coefficient (Wildman–Crippen LogP) is 2.79. The maximum absolute atomic E-state index is 5.75. The number of aromatic nitrogens is 1. The summed E-state index contributed by atoms with van der Waals surface area (Å²) in [5.74, 6) is 0.826. The van der Waals surface area contributed by atoms with E-state index in [0.717, 1.165) is 28.7 Å². The molecule has 0 bridgehead atoms. The lowest BCUT2D eigenvalue weighted by Crippen LogP contribution is -2.17. The molecule has 1 aromatic heterocycles. The van der Waals surface area contributed by atoms with Gasteiger partial charge in [0.15, 0.2) is 5.13 Å². The highest BCUT2D eigenvalue weighted by molar-refractivity contribution is 7.13. The Balaban J connectivity index is 2.06. The van der Waals surface area contributed by atoms with Crippen molar-refractivity contribution in [1.82, 2.24) is 4.98 Å². The number of hydrogen-bond acceptors (Lipinski definition) is 5. The Kier molecular flexibility index (Phi) is 4.17. The van der Waals surface area contributed by atoms with E-state index in [4.69, 9.17) is 10.5 Å². The maximum atomic E-state index is 5.75. The fraction of sp³-hybridized carbons (Fsp3) is 0.308. The van der Waals surface area contributed by atoms with Crippen molar-refractivity contribution in [2.24, 2.45) is 5.73 Å². The highest BCUT2D eigenvalue weighted by Gasteiger charge is 2.05. The molecule has 0 amide bonds. The van der Waals surface area contributed by atoms with Crippen molar-refractivity contribution >= 4 is 22.2 Å². The van der Waals surface area contributed by atoms with Gasteiger partial charge >= 0.3 is 0 Å². The van der Waals surface area contributed by atoms with Gasteiger partial charge in [0.2, 0.25) is 0 Å². The highest BCUT2D eigenvalue weighted by Crippen LogP contribution is 2.24. The first-order chi connectivity index (χ1) is 8.67. The summed E-state index contributed by atoms with van der Waals surface area (Å²) in [6, 6.07) is 7.91. The van der Waals surface area contributed by atoms with E-state index >= 15 is 0 Å². The summed E-state index contributed by atoms with van der Waals surface area (Å²) in [5, 5.41) is 6.17. The van der Waals surface area contributed by atoms with E-state index in [0.29, 0.717) is 0 Å². The largest absolute Gasteiger partial charge is 0.497 e. The number of nitrogens with one attached hydrogen (secondary N) is 1. The van der Waals surface area contributed by atoms with Crippen LogP contribution in [0.25, 0.3) is 0 Å². The molecule has 2 rings (SSSR count). The SMILES string of the molecule is COc1cccc(Nc2nc(CC(C)N)cs2)c1. The van der Waals surface area contributed by atoms with Crippen LogP contribution >= 0.6 is 11.3 Å². The standard InChI is InChI=1S/C13H17N3OS/c1-9(14)6-11-8-18-13(16-11)15-10-4-3-5-12(7-10)17-2/h3-5,7-9H,6,14H2,1-2H3,(H,15,16). The molecule has 1 aromatic carbocycles. The monoisotopic (exact) mass is 263 g/mol. The quantitative estimate of drug-likeness (QED) is 0.871. The molecule has 2 aromatic rings. The molecular weight excluding hydrogens is 246 g/mol. The number of thiazole rings is 1. The van der Waals surface area contributed by atoms with Gasteiger partial charge in [-0.3, -0.25) is 0 Å². The predicted molar refractivity (Wildman–Crippen MR) is 75.7 cm³/mol. The number of methoxy groups -OCH3 is 1. The molecule has 0 aliphatic heterocycles. The van der Waals surface area contributed by atoms with Crippen LogP contribution in [0.4, 0.5) is 10.8 Å². The minimum absolute atomic E-state index is 0.136. The van der Waals surface area contributed by atoms with Crippen molar-refractivity contribution in [1.29, 1.82) is 0 Å². The molecule has 0 aliphatic carbocycles. The first kappa shape index (κ1) is 12.9. The van der Waals surface area contributed by atoms with Crippen LogP contribution in [0.2, 0.25) is 0 Å². The zero-order chi connectivity index (χ0) is 13.0. The summed E-state index contributed by atoms with van der Waals surface area (Å²) >= 11 is 1.58. The van der Waals surface area contributed by atoms with Crippen LogP contribution in [0.15, 0.2) is 29.6 Å². The Morgan fingerprint density at radius 2 is 2.33 bits per heavy atom. The number of nitrogens with two attached hydrogens (primary N) is 1. The Hall–Kier alpha value is -1.59. The van der Waals surface area contributed by atoms with Gasteiger partial charge in [0.25, 0.3) is 0 Å². The summed E-state index contributed by atoms with van der Waals surface area (Å²) in [7, 11) is 1.66. The molecule has 0 fully saturated rings. The van der Waals surface area contributed by atoms with E-state index in [1.54, 1.807) is 18.4 Å². The van der Waals surface area contributed by atoms with Crippen molar-refractivity contribution in [3.63, 3.8) is 0 Å². The summed E-state index contributed by atoms with van der Waals surface area (Å²) in [6.45, 7) is 1.98. The van der Waals surface area contributed by atoms with Crippen LogP contribution in [-0.4, -0.2) is 18.1 Å². The highest BCUT2D eigenvalue weighted by atomic mass is 32.1. The lowest BCUT2D eigenvalue weighted by atomic mass is 10.2. The van der Waals surface area contributed by atoms with E-state index in [-0.39, 0.29) is 6.04 Å². The van der Waals surface area contributed by atoms with Crippen LogP contribution in [0.3, 0.4) is 0 Å². The molecule has 1 heterocycles. The van der Waals surface area contributed by atoms with E-state index in [9.17, 15) is 0 Å². The number of rotatable bonds is 5. The van der Waals surface area contributed by atoms with Crippen molar-refractivity contribution in [2.75, 3.05) is 12.4 Å². The average molecular weight is 263 g/mol. The Morgan fingerprint density at radius 1 is 1.50 bits per heavy atom. The Morgan fingerprint density at radius 3 is 3.06 bits per heavy atom. The number of hydrogen-bond donors (Lipinski definition) is 2. The molecule has 0 saturated carbocycles. The molecular formula is C13H17N3OS. The number of benzene rings is 1. The normalized spacial score (nSPS) is 12.2. The molecule has 3 N–H and O–H groups in total. The number of nitrogens with zero attached hydrogens (tertiary/aromatic N) is 1. The van der Waals surface area contributed by atoms with Gasteiger partial charge in [0.1, 0.15) is 5.75 Å². The minimum atomic E-state index is 0.136. The van der Waals surface area contributed by atoms with Crippen molar-refractivity contribution < 1.29 is 4.74 Å². The number of anilines is 2. The van der Waals surface area contributed by atoms with Gasteiger partial charge in [-0.1, -0.05) is 6.07 Å². The first-order valence-electron chi connectivity index (χ1n) is 5.78. The summed E-state index contributed by atoms with van der Waals surface area (Å²) < 4.78 is 5.18. The number of ether oxygens (including phenoxy) is 1. The van der Waals surface area contributed by atoms with Crippen LogP contribution in [0.1, 0.15) is 12.6 Å². The second kappa shape index (κ2) is 5.84. The lowest BCUT2D eigenvalue weighted by molar-refractivity contribution is 0.415. The van der Waals surface area contributed by atoms with Crippen LogP contribution in [0.5, 0.6) is 5.75 Å². The second-order valence-corrected chi connectivity index (χ2v) is 5.04. The third-order valence-corrected chi connectivity index (χ3v) is 3.21. The van der Waals surface area contributed by atoms with Crippen LogP contribution in [0, 0.1) is 0 Å². The van der Waals surface area contributed by atoms with Crippen molar-refractivity contribution in [3.05, 3.63) is 35.3 Å². The molecule has 0 saturated heterocycles. The third-order valence-electron chi connectivity index (χ3n) is 2.40. The van der Waals surface area contributed by atoms with Crippen molar-refractivity contribution in [2.45, 2.75) is 19.4 Å². The zero-order valence-corrected chi connectivity index (χ0v) is 11.3.